The summed E-state index contributed by atoms with van der Waals surface area (Å²) in [4.78, 5) is 36.0. The highest BCUT2D eigenvalue weighted by molar-refractivity contribution is 5.78. The summed E-state index contributed by atoms with van der Waals surface area (Å²) in [6.07, 6.45) is 9.88. The Balaban J connectivity index is 1.54. The van der Waals surface area contributed by atoms with Gasteiger partial charge in [0.15, 0.2) is 0 Å². The van der Waals surface area contributed by atoms with E-state index in [1.54, 1.807) is 6.33 Å². The SMILES string of the molecule is CCCCOCC(=O)N1CCC[C@]2(CCC(=O)N(CCc3cnc[nH]3)C2)C1. The number of carbonyl (C=O) groups is 2. The van der Waals surface area contributed by atoms with E-state index in [2.05, 4.69) is 16.9 Å². The molecule has 150 valence electrons. The highest BCUT2D eigenvalue weighted by atomic mass is 16.5. The Hall–Kier alpha value is -1.89. The first-order valence-corrected chi connectivity index (χ1v) is 10.2. The molecule has 3 rings (SSSR count). The van der Waals surface area contributed by atoms with Gasteiger partial charge >= 0.3 is 0 Å². The zero-order chi connectivity index (χ0) is 19.1. The minimum absolute atomic E-state index is 0.0409. The van der Waals surface area contributed by atoms with E-state index in [0.717, 1.165) is 63.9 Å². The van der Waals surface area contributed by atoms with Crippen molar-refractivity contribution in [2.45, 2.75) is 51.9 Å². The minimum Gasteiger partial charge on any atom is -0.372 e. The molecule has 1 atom stereocenters. The first-order valence-electron chi connectivity index (χ1n) is 10.2. The topological polar surface area (TPSA) is 78.5 Å². The van der Waals surface area contributed by atoms with E-state index in [4.69, 9.17) is 4.74 Å². The molecule has 27 heavy (non-hydrogen) atoms. The van der Waals surface area contributed by atoms with Crippen molar-refractivity contribution < 1.29 is 14.3 Å². The standard InChI is InChI=1S/C20H32N4O3/c1-2-3-11-27-13-19(26)23-9-4-7-20(14-23)8-5-18(25)24(15-20)10-6-17-12-21-16-22-17/h12,16H,2-11,13-15H2,1H3,(H,21,22)/t20-/m0/s1. The highest BCUT2D eigenvalue weighted by Crippen LogP contribution is 2.38. The number of rotatable bonds is 8. The maximum Gasteiger partial charge on any atom is 0.248 e. The number of piperidine rings is 2. The van der Waals surface area contributed by atoms with Gasteiger partial charge in [0.05, 0.1) is 6.33 Å². The molecule has 3 heterocycles. The largest absolute Gasteiger partial charge is 0.372 e. The molecule has 2 amide bonds. The van der Waals surface area contributed by atoms with Crippen molar-refractivity contribution in [1.29, 1.82) is 0 Å². The summed E-state index contributed by atoms with van der Waals surface area (Å²) in [5, 5.41) is 0. The van der Waals surface area contributed by atoms with Gasteiger partial charge in [0.25, 0.3) is 0 Å². The van der Waals surface area contributed by atoms with Crippen LogP contribution in [0, 0.1) is 5.41 Å². The number of aromatic amines is 1. The van der Waals surface area contributed by atoms with Crippen LogP contribution in [0.1, 0.15) is 51.1 Å². The summed E-state index contributed by atoms with van der Waals surface area (Å²) in [5.74, 6) is 0.317. The third-order valence-corrected chi connectivity index (χ3v) is 5.84. The number of nitrogens with one attached hydrogen (secondary N) is 1. The summed E-state index contributed by atoms with van der Waals surface area (Å²) in [6.45, 7) is 5.95. The Morgan fingerprint density at radius 3 is 3.04 bits per heavy atom. The lowest BCUT2D eigenvalue weighted by Gasteiger charge is -2.48. The van der Waals surface area contributed by atoms with Crippen LogP contribution in [0.5, 0.6) is 0 Å². The molecule has 7 heteroatoms. The van der Waals surface area contributed by atoms with Crippen LogP contribution in [0.3, 0.4) is 0 Å². The number of ether oxygens (including phenoxy) is 1. The predicted octanol–water partition coefficient (Wildman–Crippen LogP) is 2.00. The van der Waals surface area contributed by atoms with Crippen molar-refractivity contribution >= 4 is 11.8 Å². The fraction of sp³-hybridized carbons (Fsp3) is 0.750. The number of nitrogens with zero attached hydrogens (tertiary/aromatic N) is 3. The Bertz CT molecular complexity index is 619. The molecule has 2 aliphatic rings. The Morgan fingerprint density at radius 1 is 1.37 bits per heavy atom. The molecule has 2 aliphatic heterocycles. The van der Waals surface area contributed by atoms with Crippen molar-refractivity contribution in [2.24, 2.45) is 5.41 Å². The van der Waals surface area contributed by atoms with Crippen molar-refractivity contribution in [3.8, 4) is 0 Å². The third kappa shape index (κ3) is 5.31. The minimum atomic E-state index is 0.0409. The number of carbonyl (C=O) groups excluding carboxylic acids is 2. The van der Waals surface area contributed by atoms with E-state index in [1.165, 1.54) is 0 Å². The summed E-state index contributed by atoms with van der Waals surface area (Å²) in [5.41, 5.74) is 1.09. The van der Waals surface area contributed by atoms with E-state index in [0.29, 0.717) is 19.6 Å². The molecule has 1 spiro atoms. The molecular formula is C20H32N4O3. The number of aromatic nitrogens is 2. The predicted molar refractivity (Wildman–Crippen MR) is 102 cm³/mol. The van der Waals surface area contributed by atoms with Crippen molar-refractivity contribution in [1.82, 2.24) is 19.8 Å². The van der Waals surface area contributed by atoms with Crippen LogP contribution < -0.4 is 0 Å². The fourth-order valence-electron chi connectivity index (χ4n) is 4.23. The van der Waals surface area contributed by atoms with Crippen molar-refractivity contribution in [3.05, 3.63) is 18.2 Å². The van der Waals surface area contributed by atoms with Gasteiger partial charge < -0.3 is 19.5 Å². The van der Waals surface area contributed by atoms with Gasteiger partial charge in [0.2, 0.25) is 11.8 Å². The average Bonchev–Trinajstić information content (AvgIpc) is 3.20. The molecule has 0 aliphatic carbocycles. The molecule has 0 bridgehead atoms. The van der Waals surface area contributed by atoms with Gasteiger partial charge in [0, 0.05) is 62.9 Å². The van der Waals surface area contributed by atoms with Gasteiger partial charge in [-0.2, -0.15) is 0 Å². The molecule has 2 fully saturated rings. The van der Waals surface area contributed by atoms with E-state index in [9.17, 15) is 9.59 Å². The number of likely N-dealkylation sites (tertiary alicyclic amines) is 2. The first kappa shape index (κ1) is 19.9. The summed E-state index contributed by atoms with van der Waals surface area (Å²) in [6, 6.07) is 0. The molecule has 0 radical (unpaired) electrons. The first-order chi connectivity index (χ1) is 13.1. The normalized spacial score (nSPS) is 23.2. The molecule has 0 aromatic carbocycles. The van der Waals surface area contributed by atoms with Gasteiger partial charge in [-0.05, 0) is 25.7 Å². The Kier molecular flexibility index (Phi) is 6.88. The summed E-state index contributed by atoms with van der Waals surface area (Å²) in [7, 11) is 0. The molecule has 1 N–H and O–H groups in total. The van der Waals surface area contributed by atoms with Crippen LogP contribution >= 0.6 is 0 Å². The second-order valence-electron chi connectivity index (χ2n) is 7.97. The number of amides is 2. The lowest BCUT2D eigenvalue weighted by molar-refractivity contribution is -0.145. The zero-order valence-corrected chi connectivity index (χ0v) is 16.4. The average molecular weight is 377 g/mol. The van der Waals surface area contributed by atoms with Crippen molar-refractivity contribution in [2.75, 3.05) is 39.4 Å². The number of H-pyrrole nitrogens is 1. The third-order valence-electron chi connectivity index (χ3n) is 5.84. The number of hydrogen-bond acceptors (Lipinski definition) is 4. The molecule has 1 aromatic rings. The Labute approximate surface area is 161 Å². The molecule has 2 saturated heterocycles. The van der Waals surface area contributed by atoms with E-state index >= 15 is 0 Å². The smallest absolute Gasteiger partial charge is 0.248 e. The second-order valence-corrected chi connectivity index (χ2v) is 7.97. The molecule has 7 nitrogen and oxygen atoms in total. The van der Waals surface area contributed by atoms with Crippen LogP contribution in [0.4, 0.5) is 0 Å². The van der Waals surface area contributed by atoms with Gasteiger partial charge in [0.1, 0.15) is 6.61 Å². The van der Waals surface area contributed by atoms with Gasteiger partial charge in [-0.25, -0.2) is 4.98 Å². The lowest BCUT2D eigenvalue weighted by atomic mass is 9.73. The lowest BCUT2D eigenvalue weighted by Crippen LogP contribution is -2.55. The van der Waals surface area contributed by atoms with Crippen LogP contribution in [0.25, 0.3) is 0 Å². The number of imidazole rings is 1. The second kappa shape index (κ2) is 9.35. The zero-order valence-electron chi connectivity index (χ0n) is 16.4. The van der Waals surface area contributed by atoms with Gasteiger partial charge in [-0.1, -0.05) is 13.3 Å². The summed E-state index contributed by atoms with van der Waals surface area (Å²) >= 11 is 0. The van der Waals surface area contributed by atoms with E-state index in [1.807, 2.05) is 16.0 Å². The monoisotopic (exact) mass is 376 g/mol. The molecular weight excluding hydrogens is 344 g/mol. The van der Waals surface area contributed by atoms with E-state index in [-0.39, 0.29) is 23.8 Å². The summed E-state index contributed by atoms with van der Waals surface area (Å²) < 4.78 is 5.52. The van der Waals surface area contributed by atoms with Crippen LogP contribution in [-0.4, -0.2) is 71.0 Å². The van der Waals surface area contributed by atoms with E-state index < -0.39 is 0 Å². The molecule has 1 aromatic heterocycles. The highest BCUT2D eigenvalue weighted by Gasteiger charge is 2.42. The number of hydrogen-bond donors (Lipinski definition) is 1. The van der Waals surface area contributed by atoms with Gasteiger partial charge in [-0.15, -0.1) is 0 Å². The van der Waals surface area contributed by atoms with Gasteiger partial charge in [-0.3, -0.25) is 9.59 Å². The molecule has 0 unspecified atom stereocenters. The van der Waals surface area contributed by atoms with Crippen LogP contribution in [-0.2, 0) is 20.7 Å². The Morgan fingerprint density at radius 2 is 2.26 bits per heavy atom. The fourth-order valence-corrected chi connectivity index (χ4v) is 4.23. The quantitative estimate of drug-likeness (QED) is 0.704. The number of unbranched alkanes of at least 4 members (excludes halogenated alkanes) is 1. The van der Waals surface area contributed by atoms with Crippen LogP contribution in [0.15, 0.2) is 12.5 Å². The maximum atomic E-state index is 12.5. The molecule has 0 saturated carbocycles. The maximum absolute atomic E-state index is 12.5. The van der Waals surface area contributed by atoms with Crippen LogP contribution in [0.2, 0.25) is 0 Å². The van der Waals surface area contributed by atoms with Crippen molar-refractivity contribution in [3.63, 3.8) is 0 Å².